The Balaban J connectivity index is 2.25. The van der Waals surface area contributed by atoms with E-state index in [0.29, 0.717) is 5.92 Å². The highest BCUT2D eigenvalue weighted by molar-refractivity contribution is 5.24. The maximum absolute atomic E-state index is 10.6. The lowest BCUT2D eigenvalue weighted by atomic mass is 9.65. The Kier molecular flexibility index (Phi) is 3.53. The number of aliphatic hydroxyl groups is 1. The Morgan fingerprint density at radius 1 is 1.41 bits per heavy atom. The van der Waals surface area contributed by atoms with Gasteiger partial charge in [0.25, 0.3) is 0 Å². The molecule has 0 saturated heterocycles. The summed E-state index contributed by atoms with van der Waals surface area (Å²) >= 11 is 0. The third-order valence-corrected chi connectivity index (χ3v) is 4.37. The lowest BCUT2D eigenvalue weighted by Gasteiger charge is -2.41. The average Bonchev–Trinajstić information content (AvgIpc) is 2.28. The Hall–Kier alpha value is -0.890. The van der Waals surface area contributed by atoms with E-state index in [1.165, 1.54) is 19.3 Å². The Morgan fingerprint density at radius 3 is 2.82 bits per heavy atom. The number of aliphatic hydroxyl groups excluding tert-OH is 1. The van der Waals surface area contributed by atoms with Crippen molar-refractivity contribution in [2.24, 2.45) is 11.3 Å². The summed E-state index contributed by atoms with van der Waals surface area (Å²) in [6, 6.07) is 1.98. The number of hydrogen-bond acceptors (Lipinski definition) is 2. The van der Waals surface area contributed by atoms with Gasteiger partial charge in [0.1, 0.15) is 0 Å². The van der Waals surface area contributed by atoms with E-state index in [-0.39, 0.29) is 11.5 Å². The van der Waals surface area contributed by atoms with Gasteiger partial charge in [-0.25, -0.2) is 0 Å². The largest absolute Gasteiger partial charge is 0.388 e. The Labute approximate surface area is 104 Å². The van der Waals surface area contributed by atoms with Crippen molar-refractivity contribution in [3.05, 3.63) is 29.6 Å². The summed E-state index contributed by atoms with van der Waals surface area (Å²) < 4.78 is 0. The normalized spacial score (nSPS) is 25.5. The summed E-state index contributed by atoms with van der Waals surface area (Å²) in [6.45, 7) is 6.62. The van der Waals surface area contributed by atoms with Crippen molar-refractivity contribution in [2.75, 3.05) is 0 Å². The molecule has 1 aliphatic carbocycles. The summed E-state index contributed by atoms with van der Waals surface area (Å²) in [5, 5.41) is 10.6. The minimum absolute atomic E-state index is 0.236. The van der Waals surface area contributed by atoms with Crippen LogP contribution in [0.2, 0.25) is 0 Å². The van der Waals surface area contributed by atoms with Crippen molar-refractivity contribution in [3.8, 4) is 0 Å². The second-order valence-corrected chi connectivity index (χ2v) is 6.02. The van der Waals surface area contributed by atoms with E-state index < -0.39 is 0 Å². The van der Waals surface area contributed by atoms with Crippen LogP contribution in [0.25, 0.3) is 0 Å². The van der Waals surface area contributed by atoms with Gasteiger partial charge in [-0.15, -0.1) is 0 Å². The highest BCUT2D eigenvalue weighted by Crippen LogP contribution is 2.46. The molecule has 2 unspecified atom stereocenters. The molecule has 1 aromatic rings. The molecule has 17 heavy (non-hydrogen) atoms. The molecule has 94 valence electrons. The molecule has 1 aromatic heterocycles. The molecule has 2 rings (SSSR count). The second kappa shape index (κ2) is 4.77. The molecule has 2 atom stereocenters. The highest BCUT2D eigenvalue weighted by atomic mass is 16.3. The lowest BCUT2D eigenvalue weighted by molar-refractivity contribution is 0.00335. The predicted molar refractivity (Wildman–Crippen MR) is 69.7 cm³/mol. The molecule has 0 bridgehead atoms. The summed E-state index contributed by atoms with van der Waals surface area (Å²) in [7, 11) is 0. The van der Waals surface area contributed by atoms with Crippen molar-refractivity contribution in [1.82, 2.24) is 4.98 Å². The van der Waals surface area contributed by atoms with Crippen LogP contribution in [0.3, 0.4) is 0 Å². The van der Waals surface area contributed by atoms with Crippen LogP contribution in [0.4, 0.5) is 0 Å². The second-order valence-electron chi connectivity index (χ2n) is 6.02. The van der Waals surface area contributed by atoms with Crippen molar-refractivity contribution in [3.63, 3.8) is 0 Å². The van der Waals surface area contributed by atoms with Gasteiger partial charge in [0.2, 0.25) is 0 Å². The molecule has 0 radical (unpaired) electrons. The van der Waals surface area contributed by atoms with Crippen LogP contribution in [0.15, 0.2) is 18.5 Å². The van der Waals surface area contributed by atoms with Gasteiger partial charge in [-0.3, -0.25) is 4.98 Å². The van der Waals surface area contributed by atoms with E-state index in [2.05, 4.69) is 25.8 Å². The fourth-order valence-electron chi connectivity index (χ4n) is 3.11. The van der Waals surface area contributed by atoms with Gasteiger partial charge in [0, 0.05) is 18.0 Å². The molecule has 1 heterocycles. The number of pyridine rings is 1. The molecule has 2 nitrogen and oxygen atoms in total. The van der Waals surface area contributed by atoms with Crippen LogP contribution in [0, 0.1) is 18.3 Å². The summed E-state index contributed by atoms with van der Waals surface area (Å²) in [5.41, 5.74) is 2.39. The van der Waals surface area contributed by atoms with Gasteiger partial charge in [-0.2, -0.15) is 0 Å². The minimum Gasteiger partial charge on any atom is -0.388 e. The zero-order valence-corrected chi connectivity index (χ0v) is 11.1. The van der Waals surface area contributed by atoms with Crippen LogP contribution >= 0.6 is 0 Å². The van der Waals surface area contributed by atoms with Gasteiger partial charge in [0.05, 0.1) is 6.10 Å². The topological polar surface area (TPSA) is 33.1 Å². The maximum atomic E-state index is 10.6. The molecule has 1 fully saturated rings. The first-order valence-corrected chi connectivity index (χ1v) is 6.61. The predicted octanol–water partition coefficient (Wildman–Crippen LogP) is 3.64. The van der Waals surface area contributed by atoms with E-state index >= 15 is 0 Å². The van der Waals surface area contributed by atoms with Gasteiger partial charge in [0.15, 0.2) is 0 Å². The molecule has 0 amide bonds. The zero-order valence-electron chi connectivity index (χ0n) is 11.1. The maximum Gasteiger partial charge on any atom is 0.0840 e. The average molecular weight is 233 g/mol. The molecular formula is C15H23NO. The molecule has 0 spiro atoms. The molecule has 2 heteroatoms. The highest BCUT2D eigenvalue weighted by Gasteiger charge is 2.37. The quantitative estimate of drug-likeness (QED) is 0.846. The van der Waals surface area contributed by atoms with Gasteiger partial charge >= 0.3 is 0 Å². The summed E-state index contributed by atoms with van der Waals surface area (Å²) in [4.78, 5) is 4.15. The first-order chi connectivity index (χ1) is 8.02. The van der Waals surface area contributed by atoms with Crippen molar-refractivity contribution in [1.29, 1.82) is 0 Å². The number of hydrogen-bond donors (Lipinski definition) is 1. The molecular weight excluding hydrogens is 210 g/mol. The number of aromatic nitrogens is 1. The van der Waals surface area contributed by atoms with Crippen LogP contribution in [0.1, 0.15) is 56.8 Å². The van der Waals surface area contributed by atoms with Gasteiger partial charge in [-0.1, -0.05) is 26.7 Å². The fourth-order valence-corrected chi connectivity index (χ4v) is 3.11. The van der Waals surface area contributed by atoms with Crippen molar-refractivity contribution < 1.29 is 5.11 Å². The van der Waals surface area contributed by atoms with Crippen molar-refractivity contribution >= 4 is 0 Å². The summed E-state index contributed by atoms with van der Waals surface area (Å²) in [5.74, 6) is 0.360. The summed E-state index contributed by atoms with van der Waals surface area (Å²) in [6.07, 6.45) is 8.13. The number of rotatable bonds is 2. The SMILES string of the molecule is Cc1ccncc1C(O)C1CCCCC1(C)C. The van der Waals surface area contributed by atoms with E-state index in [0.717, 1.165) is 17.5 Å². The van der Waals surface area contributed by atoms with Crippen LogP contribution in [-0.2, 0) is 0 Å². The molecule has 0 aromatic carbocycles. The fraction of sp³-hybridized carbons (Fsp3) is 0.667. The first kappa shape index (κ1) is 12.6. The van der Waals surface area contributed by atoms with Gasteiger partial charge < -0.3 is 5.11 Å². The molecule has 1 N–H and O–H groups in total. The first-order valence-electron chi connectivity index (χ1n) is 6.61. The van der Waals surface area contributed by atoms with Crippen LogP contribution in [-0.4, -0.2) is 10.1 Å². The Morgan fingerprint density at radius 2 is 2.18 bits per heavy atom. The molecule has 1 saturated carbocycles. The van der Waals surface area contributed by atoms with E-state index in [1.807, 2.05) is 12.3 Å². The third-order valence-electron chi connectivity index (χ3n) is 4.37. The van der Waals surface area contributed by atoms with E-state index in [1.54, 1.807) is 6.20 Å². The number of aryl methyl sites for hydroxylation is 1. The van der Waals surface area contributed by atoms with Gasteiger partial charge in [-0.05, 0) is 42.7 Å². The van der Waals surface area contributed by atoms with E-state index in [4.69, 9.17) is 0 Å². The molecule has 0 aliphatic heterocycles. The van der Waals surface area contributed by atoms with E-state index in [9.17, 15) is 5.11 Å². The molecule has 1 aliphatic rings. The van der Waals surface area contributed by atoms with Crippen LogP contribution in [0.5, 0.6) is 0 Å². The lowest BCUT2D eigenvalue weighted by Crippen LogP contribution is -2.32. The zero-order chi connectivity index (χ0) is 12.5. The standard InChI is InChI=1S/C15H23NO/c1-11-7-9-16-10-12(11)14(17)13-6-4-5-8-15(13,2)3/h7,9-10,13-14,17H,4-6,8H2,1-3H3. The monoisotopic (exact) mass is 233 g/mol. The van der Waals surface area contributed by atoms with Crippen LogP contribution < -0.4 is 0 Å². The Bertz CT molecular complexity index is 386. The number of nitrogens with zero attached hydrogens (tertiary/aromatic N) is 1. The smallest absolute Gasteiger partial charge is 0.0840 e. The third kappa shape index (κ3) is 2.52. The van der Waals surface area contributed by atoms with Crippen molar-refractivity contribution in [2.45, 2.75) is 52.6 Å². The minimum atomic E-state index is -0.362.